The summed E-state index contributed by atoms with van der Waals surface area (Å²) in [6.07, 6.45) is 3.29. The summed E-state index contributed by atoms with van der Waals surface area (Å²) in [7, 11) is 1.42. The highest BCUT2D eigenvalue weighted by Gasteiger charge is 2.02. The van der Waals surface area contributed by atoms with Gasteiger partial charge in [-0.25, -0.2) is 4.99 Å². The van der Waals surface area contributed by atoms with Gasteiger partial charge >= 0.3 is 5.97 Å². The highest BCUT2D eigenvalue weighted by molar-refractivity contribution is 7.11. The molecule has 1 aromatic rings. The number of nitrogens with zero attached hydrogens (tertiary/aromatic N) is 1. The lowest BCUT2D eigenvalue weighted by atomic mass is 10.2. The Morgan fingerprint density at radius 1 is 1.23 bits per heavy atom. The molecule has 124 valence electrons. The van der Waals surface area contributed by atoms with Gasteiger partial charge in [0.1, 0.15) is 0 Å². The van der Waals surface area contributed by atoms with Gasteiger partial charge in [0, 0.05) is 29.3 Å². The Bertz CT molecular complexity index is 472. The molecule has 0 atom stereocenters. The molecule has 2 N–H and O–H groups in total. The van der Waals surface area contributed by atoms with Gasteiger partial charge in [-0.15, -0.1) is 11.3 Å². The van der Waals surface area contributed by atoms with Crippen LogP contribution in [0.5, 0.6) is 0 Å². The van der Waals surface area contributed by atoms with Crippen molar-refractivity contribution in [3.05, 3.63) is 21.9 Å². The number of aryl methyl sites for hydroxylation is 1. The van der Waals surface area contributed by atoms with Gasteiger partial charge in [-0.05, 0) is 38.3 Å². The first-order valence-corrected chi connectivity index (χ1v) is 8.67. The maximum absolute atomic E-state index is 11.0. The van der Waals surface area contributed by atoms with Crippen LogP contribution >= 0.6 is 11.3 Å². The van der Waals surface area contributed by atoms with E-state index in [9.17, 15) is 4.79 Å². The first kappa shape index (κ1) is 18.5. The standard InChI is InChI=1S/C16H27N3O2S/c1-4-13-9-10-14(22-13)12-19-16(17-5-2)18-11-7-6-8-15(20)21-3/h9-10H,4-8,11-12H2,1-3H3,(H2,17,18,19). The largest absolute Gasteiger partial charge is 0.469 e. The van der Waals surface area contributed by atoms with Crippen LogP contribution in [0.1, 0.15) is 42.9 Å². The van der Waals surface area contributed by atoms with Crippen molar-refractivity contribution in [3.63, 3.8) is 0 Å². The van der Waals surface area contributed by atoms with E-state index >= 15 is 0 Å². The molecule has 0 amide bonds. The van der Waals surface area contributed by atoms with E-state index in [-0.39, 0.29) is 5.97 Å². The van der Waals surface area contributed by atoms with Gasteiger partial charge in [0.05, 0.1) is 13.7 Å². The molecule has 1 heterocycles. The van der Waals surface area contributed by atoms with Crippen LogP contribution in [0.25, 0.3) is 0 Å². The maximum Gasteiger partial charge on any atom is 0.305 e. The summed E-state index contributed by atoms with van der Waals surface area (Å²) in [6.45, 7) is 6.54. The van der Waals surface area contributed by atoms with Crippen molar-refractivity contribution in [2.75, 3.05) is 20.2 Å². The van der Waals surface area contributed by atoms with Gasteiger partial charge in [0.15, 0.2) is 5.96 Å². The third-order valence-electron chi connectivity index (χ3n) is 3.13. The molecule has 0 aliphatic heterocycles. The zero-order valence-electron chi connectivity index (χ0n) is 13.8. The molecule has 0 saturated carbocycles. The first-order valence-electron chi connectivity index (χ1n) is 7.86. The molecule has 5 nitrogen and oxygen atoms in total. The second kappa shape index (κ2) is 11.1. The Labute approximate surface area is 137 Å². The van der Waals surface area contributed by atoms with E-state index in [1.54, 1.807) is 0 Å². The van der Waals surface area contributed by atoms with Crippen molar-refractivity contribution in [1.82, 2.24) is 10.6 Å². The lowest BCUT2D eigenvalue weighted by Crippen LogP contribution is -2.37. The summed E-state index contributed by atoms with van der Waals surface area (Å²) in [4.78, 5) is 18.3. The monoisotopic (exact) mass is 325 g/mol. The first-order chi connectivity index (χ1) is 10.7. The van der Waals surface area contributed by atoms with E-state index in [0.29, 0.717) is 13.0 Å². The van der Waals surface area contributed by atoms with Gasteiger partial charge in [-0.3, -0.25) is 4.79 Å². The van der Waals surface area contributed by atoms with Crippen molar-refractivity contribution >= 4 is 23.3 Å². The average Bonchev–Trinajstić information content (AvgIpc) is 2.99. The Morgan fingerprint density at radius 2 is 2.00 bits per heavy atom. The normalized spacial score (nSPS) is 11.3. The summed E-state index contributed by atoms with van der Waals surface area (Å²) in [5.74, 6) is 0.678. The Hall–Kier alpha value is -1.56. The number of ether oxygens (including phenoxy) is 1. The predicted octanol–water partition coefficient (Wildman–Crippen LogP) is 2.71. The van der Waals surface area contributed by atoms with Crippen LogP contribution < -0.4 is 10.6 Å². The molecule has 0 aromatic carbocycles. The van der Waals surface area contributed by atoms with E-state index in [1.807, 2.05) is 11.3 Å². The number of unbranched alkanes of at least 4 members (excludes halogenated alkanes) is 1. The Morgan fingerprint density at radius 3 is 2.64 bits per heavy atom. The van der Waals surface area contributed by atoms with E-state index in [2.05, 4.69) is 46.3 Å². The van der Waals surface area contributed by atoms with Crippen molar-refractivity contribution < 1.29 is 9.53 Å². The minimum Gasteiger partial charge on any atom is -0.469 e. The van der Waals surface area contributed by atoms with E-state index < -0.39 is 0 Å². The van der Waals surface area contributed by atoms with Crippen LogP contribution in [0, 0.1) is 0 Å². The molecule has 0 bridgehead atoms. The fourth-order valence-electron chi connectivity index (χ4n) is 1.90. The molecule has 0 radical (unpaired) electrons. The maximum atomic E-state index is 11.0. The molecule has 1 aromatic heterocycles. The number of carbonyl (C=O) groups excluding carboxylic acids is 1. The molecule has 6 heteroatoms. The number of hydrogen-bond donors (Lipinski definition) is 2. The SMILES string of the molecule is CCNC(=NCc1ccc(CC)s1)NCCCCC(=O)OC. The van der Waals surface area contributed by atoms with Gasteiger partial charge in [0.25, 0.3) is 0 Å². The minimum absolute atomic E-state index is 0.148. The highest BCUT2D eigenvalue weighted by Crippen LogP contribution is 2.17. The minimum atomic E-state index is -0.148. The molecule has 1 rings (SSSR count). The fraction of sp³-hybridized carbons (Fsp3) is 0.625. The second-order valence-corrected chi connectivity index (χ2v) is 6.13. The van der Waals surface area contributed by atoms with Crippen LogP contribution in [-0.2, 0) is 22.5 Å². The lowest BCUT2D eigenvalue weighted by Gasteiger charge is -2.10. The Kier molecular flexibility index (Phi) is 9.30. The number of hydrogen-bond acceptors (Lipinski definition) is 4. The number of aliphatic imine (C=N–C) groups is 1. The summed E-state index contributed by atoms with van der Waals surface area (Å²) < 4.78 is 4.62. The summed E-state index contributed by atoms with van der Waals surface area (Å²) in [6, 6.07) is 4.32. The molecule has 0 aliphatic carbocycles. The zero-order valence-corrected chi connectivity index (χ0v) is 14.6. The lowest BCUT2D eigenvalue weighted by molar-refractivity contribution is -0.140. The predicted molar refractivity (Wildman–Crippen MR) is 92.4 cm³/mol. The zero-order chi connectivity index (χ0) is 16.2. The van der Waals surface area contributed by atoms with Gasteiger partial charge in [-0.2, -0.15) is 0 Å². The summed E-state index contributed by atoms with van der Waals surface area (Å²) in [5, 5.41) is 6.53. The quantitative estimate of drug-likeness (QED) is 0.317. The van der Waals surface area contributed by atoms with Crippen molar-refractivity contribution in [2.45, 2.75) is 46.1 Å². The molecule has 0 fully saturated rings. The highest BCUT2D eigenvalue weighted by atomic mass is 32.1. The van der Waals surface area contributed by atoms with E-state index in [4.69, 9.17) is 0 Å². The van der Waals surface area contributed by atoms with Crippen LogP contribution in [-0.4, -0.2) is 32.1 Å². The number of rotatable bonds is 9. The summed E-state index contributed by atoms with van der Waals surface area (Å²) >= 11 is 1.82. The van der Waals surface area contributed by atoms with Crippen LogP contribution in [0.4, 0.5) is 0 Å². The van der Waals surface area contributed by atoms with Crippen molar-refractivity contribution in [2.24, 2.45) is 4.99 Å². The van der Waals surface area contributed by atoms with E-state index in [0.717, 1.165) is 38.3 Å². The number of carbonyl (C=O) groups is 1. The van der Waals surface area contributed by atoms with Crippen LogP contribution in [0.15, 0.2) is 17.1 Å². The molecular weight excluding hydrogens is 298 g/mol. The molecule has 0 spiro atoms. The topological polar surface area (TPSA) is 62.7 Å². The average molecular weight is 325 g/mol. The number of nitrogens with one attached hydrogen (secondary N) is 2. The molecular formula is C16H27N3O2S. The third-order valence-corrected chi connectivity index (χ3v) is 4.35. The fourth-order valence-corrected chi connectivity index (χ4v) is 2.78. The Balaban J connectivity index is 2.33. The second-order valence-electron chi connectivity index (χ2n) is 4.88. The molecule has 0 saturated heterocycles. The number of esters is 1. The van der Waals surface area contributed by atoms with E-state index in [1.165, 1.54) is 16.9 Å². The smallest absolute Gasteiger partial charge is 0.305 e. The van der Waals surface area contributed by atoms with Crippen LogP contribution in [0.2, 0.25) is 0 Å². The molecule has 0 aliphatic rings. The van der Waals surface area contributed by atoms with Gasteiger partial charge in [0.2, 0.25) is 0 Å². The summed E-state index contributed by atoms with van der Waals surface area (Å²) in [5.41, 5.74) is 0. The third kappa shape index (κ3) is 7.45. The van der Waals surface area contributed by atoms with Gasteiger partial charge in [-0.1, -0.05) is 6.92 Å². The number of guanidine groups is 1. The number of thiophene rings is 1. The van der Waals surface area contributed by atoms with Crippen molar-refractivity contribution in [1.29, 1.82) is 0 Å². The van der Waals surface area contributed by atoms with Crippen molar-refractivity contribution in [3.8, 4) is 0 Å². The van der Waals surface area contributed by atoms with Gasteiger partial charge < -0.3 is 15.4 Å². The molecule has 0 unspecified atom stereocenters. The number of methoxy groups -OCH3 is 1. The van der Waals surface area contributed by atoms with Crippen LogP contribution in [0.3, 0.4) is 0 Å². The molecule has 22 heavy (non-hydrogen) atoms.